The third-order valence-electron chi connectivity index (χ3n) is 6.93. The molecule has 0 unspecified atom stereocenters. The van der Waals surface area contributed by atoms with Crippen LogP contribution in [0.15, 0.2) is 76.5 Å². The normalized spacial score (nSPS) is 12.9. The molecular formula is C30H24Cl2N10Na2O7S2. The summed E-state index contributed by atoms with van der Waals surface area (Å²) in [6.07, 6.45) is 2.95. The third kappa shape index (κ3) is 12.4. The second-order valence-electron chi connectivity index (χ2n) is 10.3. The van der Waals surface area contributed by atoms with Crippen LogP contribution in [0.4, 0.5) is 40.9 Å². The monoisotopic (exact) mass is 816 g/mol. The molecular weight excluding hydrogens is 793 g/mol. The van der Waals surface area contributed by atoms with E-state index in [4.69, 9.17) is 27.9 Å². The van der Waals surface area contributed by atoms with Gasteiger partial charge in [-0.15, -0.1) is 0 Å². The van der Waals surface area contributed by atoms with Crippen molar-refractivity contribution in [3.05, 3.63) is 88.4 Å². The summed E-state index contributed by atoms with van der Waals surface area (Å²) in [6.45, 7) is 2.10. The van der Waals surface area contributed by atoms with E-state index < -0.39 is 15.0 Å². The van der Waals surface area contributed by atoms with E-state index in [0.29, 0.717) is 60.4 Å². The number of morpholine rings is 1. The zero-order valence-corrected chi connectivity index (χ0v) is 35.0. The number of halogens is 2. The number of rotatable bonds is 13. The van der Waals surface area contributed by atoms with Crippen molar-refractivity contribution < 1.29 is 91.5 Å². The van der Waals surface area contributed by atoms with E-state index in [2.05, 4.69) is 55.2 Å². The fourth-order valence-electron chi connectivity index (χ4n) is 4.69. The first-order valence-corrected chi connectivity index (χ1v) is 17.6. The SMILES string of the molecule is O=S(=O)([O-])c1cc(Nc2nc(Cl)nc(N3CCOCC3)n2)ccc1/C=C/c1ccc(Nc2nc(Cl)nc(Nc3ccccc3)n2)cc1SOO[O-].[Na+].[Na+]. The standard InChI is InChI=1S/C30H26Cl2N10O7S2.2Na/c31-25-36-27(33-20-4-2-1-3-5-20)40-28(37-25)34-21-10-8-18(23(16-21)50-49-48-43)6-7-19-9-11-22(17-24(19)51(44,45)46)35-29-38-26(32)39-30(41-29)42-12-14-47-15-13-42;;/h1-11,16-17,43H,12-15H2,(H,44,45,46)(H,35,38,39,41)(H2,33,34,36,37,40);;/q;2*+1/p-2/b7-6+;;. The smallest absolute Gasteiger partial charge is 0.744 e. The van der Waals surface area contributed by atoms with Crippen LogP contribution in [0.5, 0.6) is 0 Å². The van der Waals surface area contributed by atoms with Gasteiger partial charge in [-0.2, -0.15) is 34.2 Å². The van der Waals surface area contributed by atoms with Gasteiger partial charge in [0.25, 0.3) is 0 Å². The molecule has 0 spiro atoms. The Labute approximate surface area is 361 Å². The molecule has 53 heavy (non-hydrogen) atoms. The number of nitrogens with one attached hydrogen (secondary N) is 3. The van der Waals surface area contributed by atoms with Gasteiger partial charge in [-0.25, -0.2) is 8.42 Å². The van der Waals surface area contributed by atoms with Crippen LogP contribution in [0.2, 0.25) is 10.6 Å². The fraction of sp³-hybridized carbons (Fsp3) is 0.133. The molecule has 1 saturated heterocycles. The Morgan fingerprint density at radius 1 is 0.755 bits per heavy atom. The van der Waals surface area contributed by atoms with Gasteiger partial charge in [-0.1, -0.05) is 42.5 Å². The van der Waals surface area contributed by atoms with Crippen molar-refractivity contribution in [2.75, 3.05) is 47.2 Å². The Hall–Kier alpha value is -2.70. The average molecular weight is 818 g/mol. The molecule has 0 atom stereocenters. The van der Waals surface area contributed by atoms with Gasteiger partial charge in [-0.05, 0) is 70.7 Å². The van der Waals surface area contributed by atoms with Crippen LogP contribution in [0, 0.1) is 0 Å². The molecule has 1 aliphatic rings. The fourth-order valence-corrected chi connectivity index (χ4v) is 6.21. The molecule has 0 saturated carbocycles. The summed E-state index contributed by atoms with van der Waals surface area (Å²) in [7, 11) is -4.96. The molecule has 0 aliphatic carbocycles. The number of anilines is 7. The number of nitrogens with zero attached hydrogens (tertiary/aromatic N) is 7. The Bertz CT molecular complexity index is 2160. The first-order valence-electron chi connectivity index (χ1n) is 14.7. The molecule has 6 rings (SSSR count). The van der Waals surface area contributed by atoms with Crippen molar-refractivity contribution in [3.8, 4) is 0 Å². The summed E-state index contributed by atoms with van der Waals surface area (Å²) in [5.41, 5.74) is 1.96. The van der Waals surface area contributed by atoms with Gasteiger partial charge in [0.15, 0.2) is 0 Å². The van der Waals surface area contributed by atoms with Gasteiger partial charge in [0.05, 0.1) is 30.2 Å². The van der Waals surface area contributed by atoms with E-state index in [1.165, 1.54) is 24.3 Å². The zero-order chi connectivity index (χ0) is 35.8. The number of para-hydroxylation sites is 1. The summed E-state index contributed by atoms with van der Waals surface area (Å²) >= 11 is 12.8. The van der Waals surface area contributed by atoms with Gasteiger partial charge in [0.2, 0.25) is 34.4 Å². The van der Waals surface area contributed by atoms with Crippen molar-refractivity contribution in [1.29, 1.82) is 0 Å². The zero-order valence-electron chi connectivity index (χ0n) is 27.9. The number of ether oxygens (including phenoxy) is 1. The van der Waals surface area contributed by atoms with Crippen LogP contribution in [-0.2, 0) is 24.2 Å². The predicted octanol–water partition coefficient (Wildman–Crippen LogP) is -1.26. The van der Waals surface area contributed by atoms with Crippen LogP contribution < -0.4 is 85.2 Å². The minimum atomic E-state index is -4.96. The van der Waals surface area contributed by atoms with Crippen molar-refractivity contribution in [1.82, 2.24) is 29.9 Å². The predicted molar refractivity (Wildman–Crippen MR) is 187 cm³/mol. The quantitative estimate of drug-likeness (QED) is 0.0315. The summed E-state index contributed by atoms with van der Waals surface area (Å²) in [5, 5.41) is 23.0. The van der Waals surface area contributed by atoms with Crippen LogP contribution >= 0.6 is 35.2 Å². The van der Waals surface area contributed by atoms with Crippen molar-refractivity contribution in [2.24, 2.45) is 0 Å². The maximum atomic E-state index is 12.3. The van der Waals surface area contributed by atoms with E-state index in [1.54, 1.807) is 18.2 Å². The van der Waals surface area contributed by atoms with Gasteiger partial charge >= 0.3 is 59.1 Å². The van der Waals surface area contributed by atoms with Crippen LogP contribution in [0.25, 0.3) is 12.2 Å². The summed E-state index contributed by atoms with van der Waals surface area (Å²) in [5.74, 6) is 0.679. The average Bonchev–Trinajstić information content (AvgIpc) is 3.10. The first kappa shape index (κ1) is 43.0. The summed E-state index contributed by atoms with van der Waals surface area (Å²) < 4.78 is 47.0. The molecule has 0 radical (unpaired) electrons. The van der Waals surface area contributed by atoms with Gasteiger partial charge in [-0.3, -0.25) is 5.04 Å². The van der Waals surface area contributed by atoms with Crippen LogP contribution in [-0.4, -0.2) is 69.2 Å². The van der Waals surface area contributed by atoms with Crippen LogP contribution in [0.1, 0.15) is 11.1 Å². The molecule has 3 aromatic carbocycles. The number of aromatic nitrogens is 6. The molecule has 5 aromatic rings. The minimum Gasteiger partial charge on any atom is -0.744 e. The molecule has 3 N–H and O–H groups in total. The first-order chi connectivity index (χ1) is 24.6. The number of hydrogen-bond acceptors (Lipinski definition) is 18. The topological polar surface area (TPSA) is 225 Å². The van der Waals surface area contributed by atoms with Gasteiger partial charge in [0, 0.05) is 35.0 Å². The third-order valence-corrected chi connectivity index (χ3v) is 8.82. The Balaban J connectivity index is 0.00000314. The van der Waals surface area contributed by atoms with Gasteiger partial charge in [0.1, 0.15) is 10.1 Å². The Morgan fingerprint density at radius 3 is 1.96 bits per heavy atom. The van der Waals surface area contributed by atoms with Gasteiger partial charge < -0.3 is 35.4 Å². The summed E-state index contributed by atoms with van der Waals surface area (Å²) in [4.78, 5) is 26.9. The summed E-state index contributed by atoms with van der Waals surface area (Å²) in [6, 6.07) is 18.2. The largest absolute Gasteiger partial charge is 1.00 e. The van der Waals surface area contributed by atoms with E-state index in [0.717, 1.165) is 11.8 Å². The molecule has 2 aromatic heterocycles. The van der Waals surface area contributed by atoms with Crippen molar-refractivity contribution >= 4 is 98.4 Å². The molecule has 17 nitrogen and oxygen atoms in total. The van der Waals surface area contributed by atoms with E-state index >= 15 is 0 Å². The number of hydrogen-bond donors (Lipinski definition) is 3. The molecule has 264 valence electrons. The molecule has 1 aliphatic heterocycles. The van der Waals surface area contributed by atoms with Crippen LogP contribution in [0.3, 0.4) is 0 Å². The maximum Gasteiger partial charge on any atom is 1.00 e. The molecule has 3 heterocycles. The molecule has 0 amide bonds. The second kappa shape index (κ2) is 20.3. The van der Waals surface area contributed by atoms with Crippen molar-refractivity contribution in [3.63, 3.8) is 0 Å². The number of benzene rings is 3. The maximum absolute atomic E-state index is 12.3. The van der Waals surface area contributed by atoms with Crippen molar-refractivity contribution in [2.45, 2.75) is 9.79 Å². The molecule has 0 bridgehead atoms. The minimum absolute atomic E-state index is 0. The second-order valence-corrected chi connectivity index (χ2v) is 13.1. The molecule has 23 heteroatoms. The molecule has 1 fully saturated rings. The van der Waals surface area contributed by atoms with E-state index in [-0.39, 0.29) is 98.8 Å². The van der Waals surface area contributed by atoms with E-state index in [9.17, 15) is 18.2 Å². The Morgan fingerprint density at radius 2 is 1.32 bits per heavy atom. The Kier molecular flexibility index (Phi) is 16.5. The van der Waals surface area contributed by atoms with E-state index in [1.807, 2.05) is 35.2 Å².